The van der Waals surface area contributed by atoms with Gasteiger partial charge in [0.15, 0.2) is 5.82 Å². The lowest BCUT2D eigenvalue weighted by Gasteiger charge is -2.07. The van der Waals surface area contributed by atoms with Crippen molar-refractivity contribution in [3.8, 4) is 0 Å². The monoisotopic (exact) mass is 312 g/mol. The summed E-state index contributed by atoms with van der Waals surface area (Å²) in [5.41, 5.74) is 0. The maximum atomic E-state index is 5.02. The van der Waals surface area contributed by atoms with Crippen LogP contribution in [0.3, 0.4) is 0 Å². The van der Waals surface area contributed by atoms with Crippen LogP contribution in [-0.4, -0.2) is 33.7 Å². The van der Waals surface area contributed by atoms with Gasteiger partial charge >= 0.3 is 0 Å². The van der Waals surface area contributed by atoms with Crippen LogP contribution in [0.1, 0.15) is 11.7 Å². The molecule has 0 saturated carbocycles. The van der Waals surface area contributed by atoms with Crippen molar-refractivity contribution < 1.29 is 4.52 Å². The predicted molar refractivity (Wildman–Crippen MR) is 70.5 cm³/mol. The summed E-state index contributed by atoms with van der Waals surface area (Å²) in [7, 11) is 1.77. The summed E-state index contributed by atoms with van der Waals surface area (Å²) in [6.07, 6.45) is 2.34. The molecule has 2 aromatic rings. The summed E-state index contributed by atoms with van der Waals surface area (Å²) in [6.45, 7) is 2.45. The second-order valence-electron chi connectivity index (χ2n) is 3.55. The highest BCUT2D eigenvalue weighted by Gasteiger charge is 2.06. The van der Waals surface area contributed by atoms with E-state index in [0.717, 1.165) is 10.3 Å². The van der Waals surface area contributed by atoms with Crippen molar-refractivity contribution in [2.24, 2.45) is 0 Å². The van der Waals surface area contributed by atoms with Gasteiger partial charge in [-0.25, -0.2) is 4.98 Å². The number of rotatable bonds is 5. The van der Waals surface area contributed by atoms with Gasteiger partial charge in [0.05, 0.1) is 4.47 Å². The molecule has 0 amide bonds. The van der Waals surface area contributed by atoms with Crippen LogP contribution in [0.15, 0.2) is 15.2 Å². The molecule has 0 aromatic carbocycles. The first-order valence-electron chi connectivity index (χ1n) is 5.42. The van der Waals surface area contributed by atoms with Crippen molar-refractivity contribution in [1.29, 1.82) is 0 Å². The first-order chi connectivity index (χ1) is 8.69. The van der Waals surface area contributed by atoms with Crippen LogP contribution in [0.25, 0.3) is 0 Å². The predicted octanol–water partition coefficient (Wildman–Crippen LogP) is 1.63. The summed E-state index contributed by atoms with van der Waals surface area (Å²) in [4.78, 5) is 12.5. The second kappa shape index (κ2) is 5.76. The Bertz CT molecular complexity index is 529. The number of nitrogens with one attached hydrogen (secondary N) is 2. The zero-order valence-corrected chi connectivity index (χ0v) is 11.7. The highest BCUT2D eigenvalue weighted by atomic mass is 79.9. The largest absolute Gasteiger partial charge is 0.368 e. The summed E-state index contributed by atoms with van der Waals surface area (Å²) >= 11 is 3.38. The Hall–Kier alpha value is -1.70. The molecule has 7 nitrogen and oxygen atoms in total. The number of hydrogen-bond acceptors (Lipinski definition) is 7. The van der Waals surface area contributed by atoms with E-state index in [2.05, 4.69) is 46.7 Å². The van der Waals surface area contributed by atoms with E-state index < -0.39 is 0 Å². The molecule has 0 aliphatic rings. The van der Waals surface area contributed by atoms with Crippen LogP contribution in [0.4, 0.5) is 11.8 Å². The molecule has 0 aliphatic heterocycles. The third-order valence-electron chi connectivity index (χ3n) is 2.17. The number of aromatic nitrogens is 4. The molecular weight excluding hydrogens is 300 g/mol. The molecule has 96 valence electrons. The molecule has 0 bridgehead atoms. The SMILES string of the molecule is CNc1ncc(Br)c(NCCc2nc(C)no2)n1. The molecule has 8 heteroatoms. The normalized spacial score (nSPS) is 10.4. The van der Waals surface area contributed by atoms with Crippen molar-refractivity contribution in [2.75, 3.05) is 24.2 Å². The van der Waals surface area contributed by atoms with E-state index in [1.54, 1.807) is 20.2 Å². The van der Waals surface area contributed by atoms with E-state index in [0.29, 0.717) is 30.6 Å². The molecule has 0 aliphatic carbocycles. The molecule has 0 unspecified atom stereocenters. The van der Waals surface area contributed by atoms with Crippen molar-refractivity contribution in [2.45, 2.75) is 13.3 Å². The van der Waals surface area contributed by atoms with Crippen LogP contribution in [0.5, 0.6) is 0 Å². The molecule has 18 heavy (non-hydrogen) atoms. The van der Waals surface area contributed by atoms with E-state index in [1.165, 1.54) is 0 Å². The smallest absolute Gasteiger partial charge is 0.228 e. The van der Waals surface area contributed by atoms with Crippen LogP contribution >= 0.6 is 15.9 Å². The molecule has 0 saturated heterocycles. The van der Waals surface area contributed by atoms with Gasteiger partial charge in [0.1, 0.15) is 5.82 Å². The number of hydrogen-bond donors (Lipinski definition) is 2. The van der Waals surface area contributed by atoms with E-state index >= 15 is 0 Å². The first kappa shape index (κ1) is 12.7. The average molecular weight is 313 g/mol. The molecular formula is C10H13BrN6O. The Morgan fingerprint density at radius 2 is 2.22 bits per heavy atom. The van der Waals surface area contributed by atoms with E-state index in [9.17, 15) is 0 Å². The standard InChI is InChI=1S/C10H13BrN6O/c1-6-15-8(18-17-6)3-4-13-9-7(11)5-14-10(12-2)16-9/h5H,3-4H2,1-2H3,(H2,12,13,14,16). The molecule has 0 fully saturated rings. The highest BCUT2D eigenvalue weighted by Crippen LogP contribution is 2.19. The van der Waals surface area contributed by atoms with Crippen molar-refractivity contribution >= 4 is 27.7 Å². The zero-order valence-electron chi connectivity index (χ0n) is 10.1. The third kappa shape index (κ3) is 3.16. The van der Waals surface area contributed by atoms with E-state index in [-0.39, 0.29) is 0 Å². The minimum atomic E-state index is 0.564. The molecule has 0 spiro atoms. The van der Waals surface area contributed by atoms with Gasteiger partial charge in [0.2, 0.25) is 11.8 Å². The number of aryl methyl sites for hydroxylation is 1. The van der Waals surface area contributed by atoms with Crippen molar-refractivity contribution in [3.63, 3.8) is 0 Å². The van der Waals surface area contributed by atoms with Crippen molar-refractivity contribution in [3.05, 3.63) is 22.4 Å². The summed E-state index contributed by atoms with van der Waals surface area (Å²) in [6, 6.07) is 0. The van der Waals surface area contributed by atoms with Crippen LogP contribution < -0.4 is 10.6 Å². The van der Waals surface area contributed by atoms with Gasteiger partial charge in [0, 0.05) is 26.2 Å². The van der Waals surface area contributed by atoms with Crippen LogP contribution in [0, 0.1) is 6.92 Å². The molecule has 2 rings (SSSR count). The lowest BCUT2D eigenvalue weighted by atomic mass is 10.4. The zero-order chi connectivity index (χ0) is 13.0. The second-order valence-corrected chi connectivity index (χ2v) is 4.41. The third-order valence-corrected chi connectivity index (χ3v) is 2.75. The quantitative estimate of drug-likeness (QED) is 0.867. The lowest BCUT2D eigenvalue weighted by molar-refractivity contribution is 0.377. The topological polar surface area (TPSA) is 88.8 Å². The first-order valence-corrected chi connectivity index (χ1v) is 6.21. The van der Waals surface area contributed by atoms with Gasteiger partial charge in [-0.2, -0.15) is 9.97 Å². The molecule has 2 N–H and O–H groups in total. The Morgan fingerprint density at radius 3 is 2.89 bits per heavy atom. The fourth-order valence-electron chi connectivity index (χ4n) is 1.34. The molecule has 0 atom stereocenters. The van der Waals surface area contributed by atoms with Crippen LogP contribution in [0.2, 0.25) is 0 Å². The maximum Gasteiger partial charge on any atom is 0.228 e. The van der Waals surface area contributed by atoms with Gasteiger partial charge in [-0.1, -0.05) is 5.16 Å². The fraction of sp³-hybridized carbons (Fsp3) is 0.400. The van der Waals surface area contributed by atoms with Gasteiger partial charge in [-0.3, -0.25) is 0 Å². The Labute approximate surface area is 113 Å². The molecule has 0 radical (unpaired) electrons. The Morgan fingerprint density at radius 1 is 1.39 bits per heavy atom. The van der Waals surface area contributed by atoms with Gasteiger partial charge in [-0.15, -0.1) is 0 Å². The van der Waals surface area contributed by atoms with Crippen LogP contribution in [-0.2, 0) is 6.42 Å². The average Bonchev–Trinajstić information content (AvgIpc) is 2.77. The lowest BCUT2D eigenvalue weighted by Crippen LogP contribution is -2.08. The number of nitrogens with zero attached hydrogens (tertiary/aromatic N) is 4. The number of anilines is 2. The minimum absolute atomic E-state index is 0.564. The highest BCUT2D eigenvalue weighted by molar-refractivity contribution is 9.10. The minimum Gasteiger partial charge on any atom is -0.368 e. The molecule has 2 heterocycles. The Kier molecular flexibility index (Phi) is 4.08. The van der Waals surface area contributed by atoms with Gasteiger partial charge in [0.25, 0.3) is 0 Å². The number of halogens is 1. The maximum absolute atomic E-state index is 5.02. The van der Waals surface area contributed by atoms with E-state index in [4.69, 9.17) is 4.52 Å². The molecule has 2 aromatic heterocycles. The summed E-state index contributed by atoms with van der Waals surface area (Å²) in [5.74, 6) is 2.55. The van der Waals surface area contributed by atoms with Gasteiger partial charge < -0.3 is 15.2 Å². The van der Waals surface area contributed by atoms with E-state index in [1.807, 2.05) is 0 Å². The summed E-state index contributed by atoms with van der Waals surface area (Å²) in [5, 5.41) is 9.79. The summed E-state index contributed by atoms with van der Waals surface area (Å²) < 4.78 is 5.83. The van der Waals surface area contributed by atoms with Crippen molar-refractivity contribution in [1.82, 2.24) is 20.1 Å². The van der Waals surface area contributed by atoms with Gasteiger partial charge in [-0.05, 0) is 22.9 Å². The fourth-order valence-corrected chi connectivity index (χ4v) is 1.67. The Balaban J connectivity index is 1.93.